The van der Waals surface area contributed by atoms with Gasteiger partial charge in [0, 0.05) is 0 Å². The van der Waals surface area contributed by atoms with E-state index in [1.54, 1.807) is 0 Å². The van der Waals surface area contributed by atoms with Gasteiger partial charge in [0.25, 0.3) is 0 Å². The molecule has 0 aliphatic carbocycles. The lowest BCUT2D eigenvalue weighted by Gasteiger charge is -2.04. The zero-order valence-corrected chi connectivity index (χ0v) is 8.55. The second kappa shape index (κ2) is 8.79. The Morgan fingerprint density at radius 3 is 2.58 bits per heavy atom. The molecule has 1 heteroatoms. The van der Waals surface area contributed by atoms with Crippen LogP contribution in [0.3, 0.4) is 0 Å². The third-order valence-electron chi connectivity index (χ3n) is 2.06. The lowest BCUT2D eigenvalue weighted by molar-refractivity contribution is 0.567. The van der Waals surface area contributed by atoms with Crippen LogP contribution in [0.1, 0.15) is 46.0 Å². The molecule has 0 saturated heterocycles. The van der Waals surface area contributed by atoms with Crippen LogP contribution in [0, 0.1) is 5.92 Å². The van der Waals surface area contributed by atoms with Crippen LogP contribution in [0.4, 0.5) is 0 Å². The zero-order chi connectivity index (χ0) is 9.23. The van der Waals surface area contributed by atoms with E-state index in [2.05, 4.69) is 26.0 Å². The Labute approximate surface area is 77.0 Å². The summed E-state index contributed by atoms with van der Waals surface area (Å²) in [6.45, 7) is 5.31. The molecule has 0 aliphatic heterocycles. The Hall–Kier alpha value is -0.300. The van der Waals surface area contributed by atoms with Gasteiger partial charge in [0.1, 0.15) is 0 Å². The standard InChI is InChI=1S/C11H23N/c1-3-4-8-11(2)9-6-5-7-10-12/h4,8,11H,3,5-7,9-10,12H2,1-2H3/b8-4+. The Morgan fingerprint density at radius 1 is 1.25 bits per heavy atom. The molecule has 1 nitrogen and oxygen atoms in total. The summed E-state index contributed by atoms with van der Waals surface area (Å²) in [5.74, 6) is 0.753. The number of nitrogens with two attached hydrogens (primary N) is 1. The minimum atomic E-state index is 0.753. The molecule has 0 rings (SSSR count). The van der Waals surface area contributed by atoms with Crippen molar-refractivity contribution in [3.05, 3.63) is 12.2 Å². The summed E-state index contributed by atoms with van der Waals surface area (Å²) in [7, 11) is 0. The van der Waals surface area contributed by atoms with Gasteiger partial charge in [-0.05, 0) is 31.7 Å². The van der Waals surface area contributed by atoms with E-state index in [9.17, 15) is 0 Å². The topological polar surface area (TPSA) is 26.0 Å². The van der Waals surface area contributed by atoms with Crippen LogP contribution in [0.25, 0.3) is 0 Å². The minimum Gasteiger partial charge on any atom is -0.330 e. The van der Waals surface area contributed by atoms with E-state index < -0.39 is 0 Å². The molecule has 0 radical (unpaired) electrons. The third-order valence-corrected chi connectivity index (χ3v) is 2.06. The fourth-order valence-electron chi connectivity index (χ4n) is 1.25. The van der Waals surface area contributed by atoms with Crippen molar-refractivity contribution in [1.82, 2.24) is 0 Å². The minimum absolute atomic E-state index is 0.753. The first kappa shape index (κ1) is 11.7. The number of unbranched alkanes of at least 4 members (excludes halogenated alkanes) is 2. The Balaban J connectivity index is 3.19. The van der Waals surface area contributed by atoms with Gasteiger partial charge >= 0.3 is 0 Å². The van der Waals surface area contributed by atoms with Gasteiger partial charge in [-0.2, -0.15) is 0 Å². The van der Waals surface area contributed by atoms with Crippen molar-refractivity contribution in [2.24, 2.45) is 11.7 Å². The predicted molar refractivity (Wildman–Crippen MR) is 56.1 cm³/mol. The normalized spacial score (nSPS) is 13.9. The van der Waals surface area contributed by atoms with Crippen molar-refractivity contribution in [3.63, 3.8) is 0 Å². The van der Waals surface area contributed by atoms with Gasteiger partial charge in [-0.25, -0.2) is 0 Å². The number of allylic oxidation sites excluding steroid dienone is 2. The van der Waals surface area contributed by atoms with E-state index in [4.69, 9.17) is 5.73 Å². The highest BCUT2D eigenvalue weighted by Crippen LogP contribution is 2.10. The monoisotopic (exact) mass is 169 g/mol. The fourth-order valence-corrected chi connectivity index (χ4v) is 1.25. The van der Waals surface area contributed by atoms with E-state index in [-0.39, 0.29) is 0 Å². The van der Waals surface area contributed by atoms with Gasteiger partial charge in [-0.15, -0.1) is 0 Å². The molecule has 0 heterocycles. The zero-order valence-electron chi connectivity index (χ0n) is 8.55. The molecule has 2 N–H and O–H groups in total. The molecule has 0 amide bonds. The lowest BCUT2D eigenvalue weighted by Crippen LogP contribution is -1.98. The maximum Gasteiger partial charge on any atom is -0.00773 e. The first-order chi connectivity index (χ1) is 5.81. The molecule has 1 unspecified atom stereocenters. The molecular weight excluding hydrogens is 146 g/mol. The summed E-state index contributed by atoms with van der Waals surface area (Å²) in [5, 5.41) is 0. The van der Waals surface area contributed by atoms with Crippen molar-refractivity contribution in [2.75, 3.05) is 6.54 Å². The molecule has 0 aromatic heterocycles. The first-order valence-corrected chi connectivity index (χ1v) is 5.18. The summed E-state index contributed by atoms with van der Waals surface area (Å²) in [4.78, 5) is 0. The third kappa shape index (κ3) is 7.80. The largest absolute Gasteiger partial charge is 0.330 e. The fraction of sp³-hybridized carbons (Fsp3) is 0.818. The first-order valence-electron chi connectivity index (χ1n) is 5.18. The predicted octanol–water partition coefficient (Wildman–Crippen LogP) is 3.11. The molecule has 0 saturated carbocycles. The number of hydrogen-bond acceptors (Lipinski definition) is 1. The van der Waals surface area contributed by atoms with Gasteiger partial charge in [0.15, 0.2) is 0 Å². The highest BCUT2D eigenvalue weighted by atomic mass is 14.5. The van der Waals surface area contributed by atoms with Crippen molar-refractivity contribution in [3.8, 4) is 0 Å². The summed E-state index contributed by atoms with van der Waals surface area (Å²) in [6, 6.07) is 0. The molecule has 0 fully saturated rings. The van der Waals surface area contributed by atoms with Crippen LogP contribution in [-0.2, 0) is 0 Å². The van der Waals surface area contributed by atoms with Crippen molar-refractivity contribution >= 4 is 0 Å². The molecule has 0 bridgehead atoms. The van der Waals surface area contributed by atoms with Crippen LogP contribution in [0.5, 0.6) is 0 Å². The van der Waals surface area contributed by atoms with Crippen LogP contribution in [0.2, 0.25) is 0 Å². The average molecular weight is 169 g/mol. The van der Waals surface area contributed by atoms with Crippen molar-refractivity contribution in [1.29, 1.82) is 0 Å². The van der Waals surface area contributed by atoms with Crippen LogP contribution in [0.15, 0.2) is 12.2 Å². The average Bonchev–Trinajstić information content (AvgIpc) is 2.09. The highest BCUT2D eigenvalue weighted by Gasteiger charge is 1.95. The van der Waals surface area contributed by atoms with E-state index in [1.165, 1.54) is 25.7 Å². The number of rotatable bonds is 7. The summed E-state index contributed by atoms with van der Waals surface area (Å²) in [6.07, 6.45) is 10.9. The smallest absolute Gasteiger partial charge is 0.00773 e. The van der Waals surface area contributed by atoms with E-state index in [0.29, 0.717) is 0 Å². The highest BCUT2D eigenvalue weighted by molar-refractivity contribution is 4.84. The van der Waals surface area contributed by atoms with Crippen molar-refractivity contribution in [2.45, 2.75) is 46.0 Å². The van der Waals surface area contributed by atoms with Crippen LogP contribution in [-0.4, -0.2) is 6.54 Å². The molecule has 72 valence electrons. The SMILES string of the molecule is CC/C=C/C(C)CCCCCN. The molecule has 12 heavy (non-hydrogen) atoms. The Morgan fingerprint density at radius 2 is 2.00 bits per heavy atom. The van der Waals surface area contributed by atoms with E-state index >= 15 is 0 Å². The molecule has 0 aliphatic rings. The second-order valence-electron chi connectivity index (χ2n) is 3.45. The lowest BCUT2D eigenvalue weighted by atomic mass is 10.0. The molecular formula is C11H23N. The summed E-state index contributed by atoms with van der Waals surface area (Å²) < 4.78 is 0. The quantitative estimate of drug-likeness (QED) is 0.460. The van der Waals surface area contributed by atoms with Crippen molar-refractivity contribution < 1.29 is 0 Å². The maximum absolute atomic E-state index is 5.41. The van der Waals surface area contributed by atoms with Crippen LogP contribution < -0.4 is 5.73 Å². The molecule has 0 aromatic carbocycles. The van der Waals surface area contributed by atoms with Gasteiger partial charge in [-0.3, -0.25) is 0 Å². The molecule has 1 atom stereocenters. The van der Waals surface area contributed by atoms with Gasteiger partial charge in [-0.1, -0.05) is 38.8 Å². The second-order valence-corrected chi connectivity index (χ2v) is 3.45. The summed E-state index contributed by atoms with van der Waals surface area (Å²) >= 11 is 0. The molecule has 0 aromatic rings. The Kier molecular flexibility index (Phi) is 8.57. The molecule has 0 spiro atoms. The number of hydrogen-bond donors (Lipinski definition) is 1. The Bertz CT molecular complexity index is 108. The van der Waals surface area contributed by atoms with Gasteiger partial charge in [0.2, 0.25) is 0 Å². The van der Waals surface area contributed by atoms with E-state index in [0.717, 1.165) is 18.9 Å². The van der Waals surface area contributed by atoms with Gasteiger partial charge < -0.3 is 5.73 Å². The maximum atomic E-state index is 5.41. The van der Waals surface area contributed by atoms with Gasteiger partial charge in [0.05, 0.1) is 0 Å². The van der Waals surface area contributed by atoms with Crippen LogP contribution >= 0.6 is 0 Å². The summed E-state index contributed by atoms with van der Waals surface area (Å²) in [5.41, 5.74) is 5.41. The van der Waals surface area contributed by atoms with E-state index in [1.807, 2.05) is 0 Å².